The van der Waals surface area contributed by atoms with Crippen LogP contribution in [0.1, 0.15) is 27.7 Å². The van der Waals surface area contributed by atoms with Crippen molar-refractivity contribution in [2.75, 3.05) is 77.8 Å². The summed E-state index contributed by atoms with van der Waals surface area (Å²) in [6, 6.07) is 21.4. The van der Waals surface area contributed by atoms with Gasteiger partial charge < -0.3 is 35.5 Å². The van der Waals surface area contributed by atoms with Gasteiger partial charge in [0.15, 0.2) is 0 Å². The molecular weight excluding hydrogens is 829 g/mol. The van der Waals surface area contributed by atoms with Gasteiger partial charge in [0, 0.05) is 50.6 Å². The van der Waals surface area contributed by atoms with E-state index in [4.69, 9.17) is 4.98 Å². The van der Waals surface area contributed by atoms with Crippen molar-refractivity contribution in [3.8, 4) is 0 Å². The number of aromatic nitrogens is 3. The van der Waals surface area contributed by atoms with Crippen molar-refractivity contribution in [1.29, 1.82) is 0 Å². The van der Waals surface area contributed by atoms with E-state index in [2.05, 4.69) is 50.9 Å². The number of nitrogens with one attached hydrogen (secondary N) is 2. The molecule has 0 aliphatic rings. The van der Waals surface area contributed by atoms with Crippen LogP contribution < -0.4 is 25.3 Å². The summed E-state index contributed by atoms with van der Waals surface area (Å²) in [5, 5.41) is 43.8. The zero-order valence-electron chi connectivity index (χ0n) is 34.0. The third kappa shape index (κ3) is 12.4. The first-order valence-electron chi connectivity index (χ1n) is 19.2. The van der Waals surface area contributed by atoms with E-state index < -0.39 is 20.2 Å². The van der Waals surface area contributed by atoms with E-state index in [0.29, 0.717) is 60.3 Å². The summed E-state index contributed by atoms with van der Waals surface area (Å²) < 4.78 is 65.0. The molecule has 5 rings (SSSR count). The van der Waals surface area contributed by atoms with Crippen molar-refractivity contribution in [1.82, 2.24) is 15.0 Å². The number of rotatable bonds is 21. The average molecular weight is 877 g/mol. The highest BCUT2D eigenvalue weighted by molar-refractivity contribution is 7.86. The monoisotopic (exact) mass is 876 g/mol. The highest BCUT2D eigenvalue weighted by atomic mass is 32.2. The second-order valence-corrected chi connectivity index (χ2v) is 15.9. The Morgan fingerprint density at radius 3 is 1.23 bits per heavy atom. The highest BCUT2D eigenvalue weighted by Crippen LogP contribution is 2.36. The Morgan fingerprint density at radius 1 is 0.525 bits per heavy atom. The molecule has 0 unspecified atom stereocenters. The minimum Gasteiger partial charge on any atom is -0.395 e. The van der Waals surface area contributed by atoms with Crippen molar-refractivity contribution in [3.63, 3.8) is 0 Å². The van der Waals surface area contributed by atoms with Crippen LogP contribution in [0, 0.1) is 0 Å². The fourth-order valence-electron chi connectivity index (χ4n) is 6.00. The van der Waals surface area contributed by atoms with E-state index >= 15 is 0 Å². The quantitative estimate of drug-likeness (QED) is 0.0315. The molecule has 20 nitrogen and oxygen atoms in total. The van der Waals surface area contributed by atoms with Crippen molar-refractivity contribution in [2.24, 2.45) is 20.5 Å². The van der Waals surface area contributed by atoms with Crippen molar-refractivity contribution in [2.45, 2.75) is 37.5 Å². The van der Waals surface area contributed by atoms with Crippen LogP contribution in [0.4, 0.5) is 63.3 Å². The van der Waals surface area contributed by atoms with Crippen LogP contribution in [0.3, 0.4) is 0 Å². The lowest BCUT2D eigenvalue weighted by molar-refractivity contribution is 0.280. The molecule has 0 aliphatic heterocycles. The number of hydrogen-bond donors (Lipinski definition) is 6. The molecule has 22 heteroatoms. The first-order chi connectivity index (χ1) is 29.2. The van der Waals surface area contributed by atoms with Crippen LogP contribution >= 0.6 is 0 Å². The van der Waals surface area contributed by atoms with Crippen LogP contribution in [0.15, 0.2) is 115 Å². The lowest BCUT2D eigenvalue weighted by Crippen LogP contribution is -2.31. The second-order valence-electron chi connectivity index (χ2n) is 13.1. The van der Waals surface area contributed by atoms with Crippen LogP contribution in [0.25, 0.3) is 0 Å². The standard InChI is InChI=1S/C39H48N12O8S2/c1-5-49(6-2)29-13-19-33(47-45-27-9-15-31(16-10-27)60(54,55)56)35(25-29)40-37-42-38(44-39(43-37)51(21-23-52)22-24-53)41-36-26-30(50(7-3)8-4)14-20-34(36)48-46-28-11-17-32(18-12-28)61(57,58)59/h9-20,25-26,52-53H,5-8,21-24H2,1-4H3,(H,54,55,56)(H,57,58,59)(H2,40,41,42,43,44). The summed E-state index contributed by atoms with van der Waals surface area (Å²) in [7, 11) is -8.79. The van der Waals surface area contributed by atoms with Gasteiger partial charge in [-0.25, -0.2) is 0 Å². The second kappa shape index (κ2) is 20.9. The molecule has 1 aromatic heterocycles. The molecule has 0 amide bonds. The topological polar surface area (TPSA) is 271 Å². The largest absolute Gasteiger partial charge is 0.395 e. The minimum atomic E-state index is -4.40. The van der Waals surface area contributed by atoms with E-state index in [1.807, 2.05) is 52.0 Å². The maximum Gasteiger partial charge on any atom is 0.294 e. The van der Waals surface area contributed by atoms with Crippen molar-refractivity contribution < 1.29 is 36.2 Å². The smallest absolute Gasteiger partial charge is 0.294 e. The normalized spacial score (nSPS) is 11.9. The fraction of sp³-hybridized carbons (Fsp3) is 0.308. The molecule has 5 aromatic rings. The molecule has 0 atom stereocenters. The van der Waals surface area contributed by atoms with E-state index in [-0.39, 0.29) is 53.9 Å². The van der Waals surface area contributed by atoms with E-state index in [1.165, 1.54) is 48.5 Å². The Bertz CT molecular complexity index is 2370. The van der Waals surface area contributed by atoms with Gasteiger partial charge in [0.1, 0.15) is 11.4 Å². The molecule has 0 fully saturated rings. The number of aliphatic hydroxyl groups is 2. The number of anilines is 7. The molecule has 4 aromatic carbocycles. The highest BCUT2D eigenvalue weighted by Gasteiger charge is 2.18. The molecule has 1 heterocycles. The van der Waals surface area contributed by atoms with Gasteiger partial charge in [0.05, 0.1) is 45.8 Å². The van der Waals surface area contributed by atoms with Gasteiger partial charge in [0.2, 0.25) is 17.8 Å². The number of aliphatic hydroxyl groups excluding tert-OH is 2. The number of nitrogens with zero attached hydrogens (tertiary/aromatic N) is 10. The third-order valence-electron chi connectivity index (χ3n) is 9.17. The molecule has 6 N–H and O–H groups in total. The van der Waals surface area contributed by atoms with Gasteiger partial charge >= 0.3 is 0 Å². The SMILES string of the molecule is CCN(CC)c1ccc(N=Nc2ccc(S(=O)(=O)O)cc2)c(Nc2nc(Nc3cc(N(CC)CC)ccc3N=Nc3ccc(S(=O)(=O)O)cc3)nc(N(CCO)CCO)n2)c1. The Morgan fingerprint density at radius 2 is 0.902 bits per heavy atom. The maximum absolute atomic E-state index is 11.6. The van der Waals surface area contributed by atoms with Gasteiger partial charge in [-0.1, -0.05) is 0 Å². The zero-order valence-corrected chi connectivity index (χ0v) is 35.6. The van der Waals surface area contributed by atoms with Crippen LogP contribution in [-0.2, 0) is 20.2 Å². The molecule has 0 spiro atoms. The molecule has 61 heavy (non-hydrogen) atoms. The summed E-state index contributed by atoms with van der Waals surface area (Å²) in [4.78, 5) is 19.3. The van der Waals surface area contributed by atoms with Gasteiger partial charge in [-0.3, -0.25) is 9.11 Å². The van der Waals surface area contributed by atoms with Gasteiger partial charge in [0.25, 0.3) is 20.2 Å². The Hall–Kier alpha value is -6.17. The molecule has 324 valence electrons. The maximum atomic E-state index is 11.6. The summed E-state index contributed by atoms with van der Waals surface area (Å²) in [6.45, 7) is 10.6. The molecule has 0 saturated carbocycles. The molecular formula is C39H48N12O8S2. The van der Waals surface area contributed by atoms with Gasteiger partial charge in [-0.2, -0.15) is 42.0 Å². The molecule has 0 radical (unpaired) electrons. The van der Waals surface area contributed by atoms with Crippen LogP contribution in [-0.4, -0.2) is 104 Å². The van der Waals surface area contributed by atoms with Crippen molar-refractivity contribution >= 4 is 83.6 Å². The average Bonchev–Trinajstić information content (AvgIpc) is 3.23. The lowest BCUT2D eigenvalue weighted by Gasteiger charge is -2.24. The van der Waals surface area contributed by atoms with Gasteiger partial charge in [-0.05, 0) is 113 Å². The summed E-state index contributed by atoms with van der Waals surface area (Å²) in [5.41, 5.74) is 3.97. The zero-order chi connectivity index (χ0) is 44.2. The first kappa shape index (κ1) is 45.9. The molecule has 0 aliphatic carbocycles. The summed E-state index contributed by atoms with van der Waals surface area (Å²) >= 11 is 0. The van der Waals surface area contributed by atoms with Crippen molar-refractivity contribution in [3.05, 3.63) is 84.9 Å². The minimum absolute atomic E-state index is 0.0565. The molecule has 0 bridgehead atoms. The van der Waals surface area contributed by atoms with Gasteiger partial charge in [-0.15, -0.1) is 10.2 Å². The molecule has 0 saturated heterocycles. The van der Waals surface area contributed by atoms with E-state index in [1.54, 1.807) is 17.0 Å². The lowest BCUT2D eigenvalue weighted by atomic mass is 10.2. The fourth-order valence-corrected chi connectivity index (χ4v) is 6.96. The van der Waals surface area contributed by atoms with E-state index in [9.17, 15) is 36.2 Å². The number of hydrogen-bond acceptors (Lipinski definition) is 18. The Balaban J connectivity index is 1.60. The third-order valence-corrected chi connectivity index (χ3v) is 10.9. The number of azo groups is 2. The Labute approximate surface area is 354 Å². The summed E-state index contributed by atoms with van der Waals surface area (Å²) in [6.07, 6.45) is 0. The first-order valence-corrected chi connectivity index (χ1v) is 22.1. The van der Waals surface area contributed by atoms with Crippen LogP contribution in [0.2, 0.25) is 0 Å². The predicted molar refractivity (Wildman–Crippen MR) is 234 cm³/mol. The van der Waals surface area contributed by atoms with E-state index in [0.717, 1.165) is 11.4 Å². The number of benzene rings is 4. The Kier molecular flexibility index (Phi) is 15.7. The summed E-state index contributed by atoms with van der Waals surface area (Å²) in [5.74, 6) is 0.231. The predicted octanol–water partition coefficient (Wildman–Crippen LogP) is 7.17. The van der Waals surface area contributed by atoms with Crippen LogP contribution in [0.5, 0.6) is 0 Å².